The number of Topliss-reactive ketones (excluding diaryl/α,β-unsaturated/α-hetero) is 2. The number of para-hydroxylation sites is 4. The molecule has 0 aliphatic rings. The summed E-state index contributed by atoms with van der Waals surface area (Å²) in [7, 11) is 1.32. The second-order valence-corrected chi connectivity index (χ2v) is 10.3. The van der Waals surface area contributed by atoms with Crippen LogP contribution >= 0.6 is 24.0 Å². The Hall–Kier alpha value is -4.95. The van der Waals surface area contributed by atoms with Crippen molar-refractivity contribution in [2.24, 2.45) is 0 Å². The Kier molecular flexibility index (Phi) is 13.1. The Bertz CT molecular complexity index is 2040. The number of halogens is 5. The molecule has 0 aliphatic carbocycles. The summed E-state index contributed by atoms with van der Waals surface area (Å²) in [5.74, 6) is -4.94. The van der Waals surface area contributed by atoms with Gasteiger partial charge in [-0.3, -0.25) is 9.59 Å². The Labute approximate surface area is 295 Å². The molecule has 49 heavy (non-hydrogen) atoms. The number of hydrogen-bond acceptors (Lipinski definition) is 7. The number of nitrogens with zero attached hydrogens (tertiary/aromatic N) is 2. The zero-order valence-corrected chi connectivity index (χ0v) is 28.3. The highest BCUT2D eigenvalue weighted by Gasteiger charge is 2.23. The number of methoxy groups -OCH3 is 1. The van der Waals surface area contributed by atoms with Gasteiger partial charge in [0.25, 0.3) is 0 Å². The van der Waals surface area contributed by atoms with Crippen LogP contribution in [0.25, 0.3) is 21.8 Å². The van der Waals surface area contributed by atoms with Gasteiger partial charge in [-0.1, -0.05) is 60.7 Å². The zero-order valence-electron chi connectivity index (χ0n) is 25.9. The fourth-order valence-electron chi connectivity index (χ4n) is 4.61. The number of rotatable bonds is 11. The van der Waals surface area contributed by atoms with Crippen LogP contribution in [0.3, 0.4) is 0 Å². The first kappa shape index (κ1) is 36.9. The second kappa shape index (κ2) is 17.4. The zero-order chi connectivity index (χ0) is 34.0. The fourth-order valence-corrected chi connectivity index (χ4v) is 4.61. The lowest BCUT2D eigenvalue weighted by Gasteiger charge is -2.15. The molecule has 6 rings (SSSR count). The van der Waals surface area contributed by atoms with Gasteiger partial charge >= 0.3 is 0 Å². The predicted molar refractivity (Wildman–Crippen MR) is 187 cm³/mol. The van der Waals surface area contributed by atoms with E-state index in [4.69, 9.17) is 14.2 Å². The van der Waals surface area contributed by atoms with E-state index in [0.29, 0.717) is 11.2 Å². The first-order chi connectivity index (χ1) is 23.2. The smallest absolute Gasteiger partial charge is 0.213 e. The summed E-state index contributed by atoms with van der Waals surface area (Å²) in [4.78, 5) is 33.3. The third kappa shape index (κ3) is 9.36. The largest absolute Gasteiger partial charge is 0.487 e. The van der Waals surface area contributed by atoms with Crippen LogP contribution in [0.5, 0.6) is 11.5 Å². The van der Waals surface area contributed by atoms with E-state index in [0.717, 1.165) is 40.6 Å². The highest BCUT2D eigenvalue weighted by Crippen LogP contribution is 2.23. The first-order valence-corrected chi connectivity index (χ1v) is 14.7. The van der Waals surface area contributed by atoms with Crippen molar-refractivity contribution >= 4 is 57.3 Å². The third-order valence-corrected chi connectivity index (χ3v) is 7.10. The molecule has 1 atom stereocenters. The topological polar surface area (TPSA) is 87.6 Å². The maximum atomic E-state index is 13.6. The predicted octanol–water partition coefficient (Wildman–Crippen LogP) is 8.57. The number of ether oxygens (including phenoxy) is 3. The Balaban J connectivity index is 0.000000217. The lowest BCUT2D eigenvalue weighted by atomic mass is 10.1. The molecule has 0 radical (unpaired) electrons. The van der Waals surface area contributed by atoms with E-state index < -0.39 is 46.7 Å². The minimum Gasteiger partial charge on any atom is -0.487 e. The molecule has 252 valence electrons. The summed E-state index contributed by atoms with van der Waals surface area (Å²) in [6.07, 6.45) is -1.05. The molecular weight excluding hydrogens is 755 g/mol. The van der Waals surface area contributed by atoms with Gasteiger partial charge < -0.3 is 14.2 Å². The van der Waals surface area contributed by atoms with Gasteiger partial charge in [-0.25, -0.2) is 27.5 Å². The van der Waals surface area contributed by atoms with E-state index in [2.05, 4.69) is 9.97 Å². The highest BCUT2D eigenvalue weighted by molar-refractivity contribution is 14.0. The molecule has 0 saturated carbocycles. The van der Waals surface area contributed by atoms with Crippen molar-refractivity contribution in [3.63, 3.8) is 0 Å². The lowest BCUT2D eigenvalue weighted by Crippen LogP contribution is -2.30. The minimum atomic E-state index is -1.03. The molecule has 0 spiro atoms. The number of hydrogen-bond donors (Lipinski definition) is 0. The molecule has 0 amide bonds. The number of carbonyl (C=O) groups excluding carboxylic acids is 2. The second-order valence-electron chi connectivity index (χ2n) is 10.3. The van der Waals surface area contributed by atoms with E-state index in [1.807, 2.05) is 48.5 Å². The van der Waals surface area contributed by atoms with Gasteiger partial charge in [-0.05, 0) is 48.5 Å². The van der Waals surface area contributed by atoms with Crippen LogP contribution < -0.4 is 9.47 Å². The summed E-state index contributed by atoms with van der Waals surface area (Å²) in [5, 5.41) is 1.84. The van der Waals surface area contributed by atoms with Gasteiger partial charge in [-0.2, -0.15) is 0 Å². The number of aromatic nitrogens is 2. The van der Waals surface area contributed by atoms with Gasteiger partial charge in [0.05, 0.1) is 17.6 Å². The molecule has 4 aromatic carbocycles. The maximum Gasteiger partial charge on any atom is 0.213 e. The molecule has 0 saturated heterocycles. The molecule has 7 nitrogen and oxygen atoms in total. The average Bonchev–Trinajstić information content (AvgIpc) is 3.10. The quantitative estimate of drug-likeness (QED) is 0.0740. The normalized spacial score (nSPS) is 11.2. The number of fused-ring (bicyclic) bond motifs is 2. The van der Waals surface area contributed by atoms with Crippen LogP contribution in [0, 0.1) is 23.3 Å². The van der Waals surface area contributed by atoms with Crippen LogP contribution in [-0.2, 0) is 4.74 Å². The number of pyridine rings is 2. The summed E-state index contributed by atoms with van der Waals surface area (Å²) in [5.41, 5.74) is 1.90. The Morgan fingerprint density at radius 3 is 1.61 bits per heavy atom. The summed E-state index contributed by atoms with van der Waals surface area (Å²) in [6.45, 7) is -0.452. The van der Waals surface area contributed by atoms with Crippen molar-refractivity contribution in [3.05, 3.63) is 144 Å². The molecule has 0 N–H and O–H groups in total. The molecule has 6 aromatic rings. The van der Waals surface area contributed by atoms with Crippen LogP contribution in [-0.4, -0.2) is 48.0 Å². The molecular formula is C37H29F4IN2O5. The van der Waals surface area contributed by atoms with Gasteiger partial charge in [0.1, 0.15) is 18.0 Å². The Morgan fingerprint density at radius 2 is 1.08 bits per heavy atom. The third-order valence-electron chi connectivity index (χ3n) is 7.10. The molecule has 2 heterocycles. The summed E-state index contributed by atoms with van der Waals surface area (Å²) >= 11 is 0. The van der Waals surface area contributed by atoms with Crippen molar-refractivity contribution in [2.75, 3.05) is 20.3 Å². The molecule has 0 bridgehead atoms. The summed E-state index contributed by atoms with van der Waals surface area (Å²) in [6, 6.07) is 28.5. The standard InChI is InChI=1S/C19H15F2NO3.C18H13F2NO2.HI/c1-24-17(11-25-19-13(20)6-4-7-14(19)21)18(23)16-10-9-12-5-2-3-8-15(12)22-16;19-13-5-3-6-14(20)18(13)23-11-10-17(22)16-9-8-12-4-1-2-7-15(12)21-16;/h2-10,17H,11H2,1H3;1-9H,10-11H2;1H. The fraction of sp³-hybridized carbons (Fsp3) is 0.135. The van der Waals surface area contributed by atoms with Crippen LogP contribution in [0.4, 0.5) is 17.6 Å². The number of benzene rings is 4. The minimum absolute atomic E-state index is 0. The van der Waals surface area contributed by atoms with Crippen molar-refractivity contribution < 1.29 is 41.4 Å². The van der Waals surface area contributed by atoms with E-state index in [-0.39, 0.29) is 55.1 Å². The van der Waals surface area contributed by atoms with Gasteiger partial charge in [0, 0.05) is 24.3 Å². The van der Waals surface area contributed by atoms with Crippen LogP contribution in [0.15, 0.2) is 109 Å². The number of carbonyl (C=O) groups is 2. The molecule has 0 fully saturated rings. The number of ketones is 2. The van der Waals surface area contributed by atoms with Crippen LogP contribution in [0.2, 0.25) is 0 Å². The first-order valence-electron chi connectivity index (χ1n) is 14.7. The van der Waals surface area contributed by atoms with Crippen molar-refractivity contribution in [2.45, 2.75) is 12.5 Å². The van der Waals surface area contributed by atoms with Crippen molar-refractivity contribution in [1.82, 2.24) is 9.97 Å². The Morgan fingerprint density at radius 1 is 0.612 bits per heavy atom. The monoisotopic (exact) mass is 784 g/mol. The van der Waals surface area contributed by atoms with Gasteiger partial charge in [-0.15, -0.1) is 24.0 Å². The van der Waals surface area contributed by atoms with E-state index >= 15 is 0 Å². The lowest BCUT2D eigenvalue weighted by molar-refractivity contribution is 0.0417. The summed E-state index contributed by atoms with van der Waals surface area (Å²) < 4.78 is 69.3. The van der Waals surface area contributed by atoms with E-state index in [1.165, 1.54) is 19.2 Å². The maximum absolute atomic E-state index is 13.6. The van der Waals surface area contributed by atoms with Gasteiger partial charge in [0.2, 0.25) is 5.78 Å². The van der Waals surface area contributed by atoms with E-state index in [1.54, 1.807) is 24.3 Å². The van der Waals surface area contributed by atoms with E-state index in [9.17, 15) is 27.2 Å². The SMILES string of the molecule is COC(COc1c(F)cccc1F)C(=O)c1ccc2ccccc2n1.I.O=C(CCOc1c(F)cccc1F)c1ccc2ccccc2n1. The van der Waals surface area contributed by atoms with Crippen molar-refractivity contribution in [1.29, 1.82) is 0 Å². The highest BCUT2D eigenvalue weighted by atomic mass is 127. The molecule has 12 heteroatoms. The molecule has 1 unspecified atom stereocenters. The molecule has 2 aromatic heterocycles. The average molecular weight is 785 g/mol. The van der Waals surface area contributed by atoms with Gasteiger partial charge in [0.15, 0.2) is 46.7 Å². The molecule has 0 aliphatic heterocycles. The van der Waals surface area contributed by atoms with Crippen molar-refractivity contribution in [3.8, 4) is 11.5 Å². The van der Waals surface area contributed by atoms with Crippen LogP contribution in [0.1, 0.15) is 27.4 Å².